The van der Waals surface area contributed by atoms with Crippen molar-refractivity contribution in [3.63, 3.8) is 0 Å². The van der Waals surface area contributed by atoms with E-state index in [-0.39, 0.29) is 4.90 Å². The summed E-state index contributed by atoms with van der Waals surface area (Å²) < 4.78 is 29.7. The van der Waals surface area contributed by atoms with Crippen LogP contribution in [0.3, 0.4) is 0 Å². The lowest BCUT2D eigenvalue weighted by Gasteiger charge is -2.10. The summed E-state index contributed by atoms with van der Waals surface area (Å²) in [7, 11) is -2.08. The number of sulfonamides is 1. The highest BCUT2D eigenvalue weighted by molar-refractivity contribution is 7.89. The van der Waals surface area contributed by atoms with Gasteiger partial charge in [0, 0.05) is 5.38 Å². The summed E-state index contributed by atoms with van der Waals surface area (Å²) in [5.74, 6) is 0. The molecular formula is C10H12N4O2S2. The van der Waals surface area contributed by atoms with Crippen LogP contribution in [0.4, 0.5) is 5.69 Å². The van der Waals surface area contributed by atoms with Gasteiger partial charge in [-0.05, 0) is 30.7 Å². The molecule has 2 N–H and O–H groups in total. The van der Waals surface area contributed by atoms with Crippen molar-refractivity contribution < 1.29 is 8.42 Å². The lowest BCUT2D eigenvalue weighted by atomic mass is 10.3. The maximum absolute atomic E-state index is 11.8. The Morgan fingerprint density at radius 3 is 2.78 bits per heavy atom. The fourth-order valence-electron chi connectivity index (χ4n) is 1.40. The van der Waals surface area contributed by atoms with E-state index in [1.165, 1.54) is 18.6 Å². The van der Waals surface area contributed by atoms with Gasteiger partial charge in [0.25, 0.3) is 0 Å². The number of aromatic nitrogens is 2. The fourth-order valence-corrected chi connectivity index (χ4v) is 2.76. The molecule has 96 valence electrons. The molecule has 0 saturated carbocycles. The quantitative estimate of drug-likeness (QED) is 0.857. The minimum atomic E-state index is -3.47. The van der Waals surface area contributed by atoms with E-state index >= 15 is 0 Å². The molecule has 2 aromatic rings. The molecule has 0 atom stereocenters. The van der Waals surface area contributed by atoms with Gasteiger partial charge in [-0.25, -0.2) is 13.1 Å². The van der Waals surface area contributed by atoms with E-state index in [9.17, 15) is 8.42 Å². The molecular weight excluding hydrogens is 272 g/mol. The lowest BCUT2D eigenvalue weighted by Crippen LogP contribution is -2.20. The molecule has 0 amide bonds. The van der Waals surface area contributed by atoms with E-state index in [4.69, 9.17) is 0 Å². The van der Waals surface area contributed by atoms with Crippen molar-refractivity contribution >= 4 is 27.2 Å². The Kier molecular flexibility index (Phi) is 3.90. The number of rotatable bonds is 5. The molecule has 0 fully saturated rings. The van der Waals surface area contributed by atoms with E-state index in [0.717, 1.165) is 5.69 Å². The van der Waals surface area contributed by atoms with Crippen LogP contribution in [0.2, 0.25) is 0 Å². The third-order valence-corrected chi connectivity index (χ3v) is 4.34. The highest BCUT2D eigenvalue weighted by atomic mass is 32.2. The first-order chi connectivity index (χ1) is 8.63. The molecule has 0 aliphatic heterocycles. The van der Waals surface area contributed by atoms with E-state index in [1.54, 1.807) is 24.3 Å². The highest BCUT2D eigenvalue weighted by Crippen LogP contribution is 2.20. The van der Waals surface area contributed by atoms with Gasteiger partial charge in [0.1, 0.15) is 4.90 Å². The summed E-state index contributed by atoms with van der Waals surface area (Å²) in [6.45, 7) is 0.437. The topological polar surface area (TPSA) is 84.0 Å². The maximum atomic E-state index is 11.8. The van der Waals surface area contributed by atoms with Crippen LogP contribution in [0.25, 0.3) is 0 Å². The van der Waals surface area contributed by atoms with Crippen molar-refractivity contribution in [2.75, 3.05) is 12.4 Å². The van der Waals surface area contributed by atoms with Gasteiger partial charge in [0.05, 0.1) is 17.9 Å². The molecule has 1 heterocycles. The molecule has 0 bridgehead atoms. The molecule has 0 aliphatic carbocycles. The average molecular weight is 284 g/mol. The summed E-state index contributed by atoms with van der Waals surface area (Å²) >= 11 is 1.26. The molecule has 0 saturated heterocycles. The molecule has 0 unspecified atom stereocenters. The number of benzene rings is 1. The molecule has 1 aromatic heterocycles. The number of hydrogen-bond donors (Lipinski definition) is 2. The van der Waals surface area contributed by atoms with Gasteiger partial charge in [-0.3, -0.25) is 0 Å². The molecule has 0 radical (unpaired) electrons. The van der Waals surface area contributed by atoms with Gasteiger partial charge in [0.2, 0.25) is 10.0 Å². The number of nitrogens with one attached hydrogen (secondary N) is 2. The molecule has 2 rings (SSSR count). The Labute approximate surface area is 109 Å². The Hall–Kier alpha value is -1.51. The Morgan fingerprint density at radius 2 is 2.11 bits per heavy atom. The monoisotopic (exact) mass is 284 g/mol. The predicted octanol–water partition coefficient (Wildman–Crippen LogP) is 1.06. The molecule has 6 nitrogen and oxygen atoms in total. The third-order valence-electron chi connectivity index (χ3n) is 2.31. The molecule has 8 heteroatoms. The van der Waals surface area contributed by atoms with E-state index in [0.29, 0.717) is 12.2 Å². The summed E-state index contributed by atoms with van der Waals surface area (Å²) in [6.07, 6.45) is 0. The Balaban J connectivity index is 2.23. The largest absolute Gasteiger partial charge is 0.378 e. The van der Waals surface area contributed by atoms with Crippen molar-refractivity contribution in [3.05, 3.63) is 35.3 Å². The molecule has 0 aliphatic rings. The van der Waals surface area contributed by atoms with Crippen molar-refractivity contribution in [3.8, 4) is 0 Å². The third kappa shape index (κ3) is 2.84. The van der Waals surface area contributed by atoms with Gasteiger partial charge in [-0.1, -0.05) is 16.6 Å². The minimum Gasteiger partial charge on any atom is -0.378 e. The van der Waals surface area contributed by atoms with Gasteiger partial charge in [0.15, 0.2) is 0 Å². The summed E-state index contributed by atoms with van der Waals surface area (Å²) in [5.41, 5.74) is 1.32. The van der Waals surface area contributed by atoms with Crippen LogP contribution in [0.15, 0.2) is 34.5 Å². The lowest BCUT2D eigenvalue weighted by molar-refractivity contribution is 0.588. The second-order valence-corrected chi connectivity index (χ2v) is 5.92. The minimum absolute atomic E-state index is 0.218. The SMILES string of the molecule is CNS(=O)(=O)c1ccccc1NCc1csnn1. The van der Waals surface area contributed by atoms with E-state index < -0.39 is 10.0 Å². The summed E-state index contributed by atoms with van der Waals surface area (Å²) in [4.78, 5) is 0.218. The van der Waals surface area contributed by atoms with Gasteiger partial charge in [-0.15, -0.1) is 5.10 Å². The smallest absolute Gasteiger partial charge is 0.242 e. The highest BCUT2D eigenvalue weighted by Gasteiger charge is 2.15. The number of hydrogen-bond acceptors (Lipinski definition) is 6. The van der Waals surface area contributed by atoms with Gasteiger partial charge >= 0.3 is 0 Å². The molecule has 1 aromatic carbocycles. The summed E-state index contributed by atoms with van der Waals surface area (Å²) in [5, 5.41) is 8.73. The van der Waals surface area contributed by atoms with Crippen LogP contribution in [-0.2, 0) is 16.6 Å². The first-order valence-corrected chi connectivity index (χ1v) is 7.48. The second-order valence-electron chi connectivity index (χ2n) is 3.45. The molecule has 0 spiro atoms. The van der Waals surface area contributed by atoms with Crippen LogP contribution in [0, 0.1) is 0 Å². The van der Waals surface area contributed by atoms with Gasteiger partial charge < -0.3 is 5.32 Å². The Morgan fingerprint density at radius 1 is 1.33 bits per heavy atom. The van der Waals surface area contributed by atoms with E-state index in [1.807, 2.05) is 5.38 Å². The zero-order valence-corrected chi connectivity index (χ0v) is 11.3. The normalized spacial score (nSPS) is 11.4. The number of anilines is 1. The first kappa shape index (κ1) is 12.9. The standard InChI is InChI=1S/C10H12N4O2S2/c1-11-18(15,16)10-5-3-2-4-9(10)12-6-8-7-17-14-13-8/h2-5,7,11-12H,6H2,1H3. The van der Waals surface area contributed by atoms with Crippen molar-refractivity contribution in [2.45, 2.75) is 11.4 Å². The number of nitrogens with zero attached hydrogens (tertiary/aromatic N) is 2. The second kappa shape index (κ2) is 5.42. The van der Waals surface area contributed by atoms with Gasteiger partial charge in [-0.2, -0.15) is 0 Å². The van der Waals surface area contributed by atoms with Crippen LogP contribution in [-0.4, -0.2) is 25.1 Å². The van der Waals surface area contributed by atoms with Crippen molar-refractivity contribution in [1.29, 1.82) is 0 Å². The Bertz CT molecular complexity index is 611. The molecule has 18 heavy (non-hydrogen) atoms. The van der Waals surface area contributed by atoms with Crippen LogP contribution in [0.5, 0.6) is 0 Å². The fraction of sp³-hybridized carbons (Fsp3) is 0.200. The van der Waals surface area contributed by atoms with Crippen molar-refractivity contribution in [1.82, 2.24) is 14.3 Å². The maximum Gasteiger partial charge on any atom is 0.242 e. The predicted molar refractivity (Wildman–Crippen MR) is 69.9 cm³/mol. The first-order valence-electron chi connectivity index (χ1n) is 5.16. The van der Waals surface area contributed by atoms with Crippen molar-refractivity contribution in [2.24, 2.45) is 0 Å². The zero-order valence-electron chi connectivity index (χ0n) is 9.62. The van der Waals surface area contributed by atoms with E-state index in [2.05, 4.69) is 19.6 Å². The van der Waals surface area contributed by atoms with Crippen LogP contribution >= 0.6 is 11.5 Å². The van der Waals surface area contributed by atoms with Crippen LogP contribution in [0.1, 0.15) is 5.69 Å². The average Bonchev–Trinajstić information content (AvgIpc) is 2.90. The van der Waals surface area contributed by atoms with Crippen LogP contribution < -0.4 is 10.0 Å². The summed E-state index contributed by atoms with van der Waals surface area (Å²) in [6, 6.07) is 6.72. The zero-order chi connectivity index (χ0) is 13.0. The number of para-hydroxylation sites is 1.